The van der Waals surface area contributed by atoms with Crippen molar-refractivity contribution in [3.05, 3.63) is 33.6 Å². The van der Waals surface area contributed by atoms with Crippen LogP contribution in [-0.4, -0.2) is 11.2 Å². The standard InChI is InChI=1S/C13H18Cl2FNO.ClH/c1-7(2)3-6-10(18)13(17)11-8(14)4-5-9(15)12(11)16;/h4-5,7,10,13,18H,3,6,17H2,1-2H3;1H/t10-,13-;/m1./s1. The minimum absolute atomic E-state index is 0. The van der Waals surface area contributed by atoms with E-state index in [1.807, 2.05) is 13.8 Å². The number of halogens is 4. The van der Waals surface area contributed by atoms with E-state index in [0.717, 1.165) is 6.42 Å². The minimum Gasteiger partial charge on any atom is -0.391 e. The summed E-state index contributed by atoms with van der Waals surface area (Å²) in [6, 6.07) is 1.99. The van der Waals surface area contributed by atoms with Crippen molar-refractivity contribution in [2.24, 2.45) is 11.7 Å². The summed E-state index contributed by atoms with van der Waals surface area (Å²) >= 11 is 11.6. The van der Waals surface area contributed by atoms with Gasteiger partial charge in [0.05, 0.1) is 17.2 Å². The molecule has 0 unspecified atom stereocenters. The molecular formula is C13H19Cl3FNO. The number of benzene rings is 1. The topological polar surface area (TPSA) is 46.2 Å². The molecule has 0 saturated carbocycles. The van der Waals surface area contributed by atoms with E-state index in [0.29, 0.717) is 12.3 Å². The molecule has 19 heavy (non-hydrogen) atoms. The van der Waals surface area contributed by atoms with Gasteiger partial charge in [-0.3, -0.25) is 0 Å². The number of aliphatic hydroxyl groups excluding tert-OH is 1. The fourth-order valence-corrected chi connectivity index (χ4v) is 2.16. The molecule has 1 aromatic carbocycles. The number of aliphatic hydroxyl groups is 1. The first kappa shape index (κ1) is 18.9. The number of hydrogen-bond acceptors (Lipinski definition) is 2. The Morgan fingerprint density at radius 2 is 1.74 bits per heavy atom. The highest BCUT2D eigenvalue weighted by Crippen LogP contribution is 2.32. The SMILES string of the molecule is CC(C)CC[C@@H](O)[C@@H](N)c1c(Cl)ccc(Cl)c1F.Cl. The maximum absolute atomic E-state index is 13.9. The molecule has 1 rings (SSSR count). The van der Waals surface area contributed by atoms with E-state index in [9.17, 15) is 9.50 Å². The Labute approximate surface area is 129 Å². The summed E-state index contributed by atoms with van der Waals surface area (Å²) in [4.78, 5) is 0. The molecule has 6 heteroatoms. The van der Waals surface area contributed by atoms with Crippen molar-refractivity contribution < 1.29 is 9.50 Å². The first-order valence-electron chi connectivity index (χ1n) is 5.91. The van der Waals surface area contributed by atoms with Crippen LogP contribution in [0.4, 0.5) is 4.39 Å². The average molecular weight is 331 g/mol. The van der Waals surface area contributed by atoms with Crippen molar-refractivity contribution in [2.75, 3.05) is 0 Å². The molecule has 0 aliphatic rings. The lowest BCUT2D eigenvalue weighted by atomic mass is 9.95. The third-order valence-corrected chi connectivity index (χ3v) is 3.49. The highest BCUT2D eigenvalue weighted by molar-refractivity contribution is 6.33. The molecular weight excluding hydrogens is 312 g/mol. The quantitative estimate of drug-likeness (QED) is 0.788. The molecule has 0 aliphatic heterocycles. The van der Waals surface area contributed by atoms with Gasteiger partial charge in [0.25, 0.3) is 0 Å². The van der Waals surface area contributed by atoms with Gasteiger partial charge in [0.15, 0.2) is 0 Å². The summed E-state index contributed by atoms with van der Waals surface area (Å²) in [5.74, 6) is -0.202. The van der Waals surface area contributed by atoms with Gasteiger partial charge in [-0.2, -0.15) is 0 Å². The van der Waals surface area contributed by atoms with Crippen molar-refractivity contribution in [3.8, 4) is 0 Å². The Balaban J connectivity index is 0.00000324. The zero-order valence-corrected chi connectivity index (χ0v) is 13.2. The summed E-state index contributed by atoms with van der Waals surface area (Å²) in [6.45, 7) is 4.09. The van der Waals surface area contributed by atoms with Crippen LogP contribution in [0.2, 0.25) is 10.0 Å². The fourth-order valence-electron chi connectivity index (χ4n) is 1.72. The average Bonchev–Trinajstić information content (AvgIpc) is 2.31. The summed E-state index contributed by atoms with van der Waals surface area (Å²) in [6.07, 6.45) is 0.480. The number of hydrogen-bond donors (Lipinski definition) is 2. The molecule has 0 bridgehead atoms. The molecule has 1 aromatic rings. The Hall–Kier alpha value is -0.0600. The van der Waals surface area contributed by atoms with Crippen molar-refractivity contribution >= 4 is 35.6 Å². The Morgan fingerprint density at radius 1 is 1.21 bits per heavy atom. The zero-order valence-electron chi connectivity index (χ0n) is 10.9. The summed E-state index contributed by atoms with van der Waals surface area (Å²) in [5, 5.41) is 10.1. The van der Waals surface area contributed by atoms with E-state index in [1.54, 1.807) is 0 Å². The van der Waals surface area contributed by atoms with Crippen molar-refractivity contribution in [2.45, 2.75) is 38.8 Å². The van der Waals surface area contributed by atoms with Crippen LogP contribution < -0.4 is 5.73 Å². The van der Waals surface area contributed by atoms with Gasteiger partial charge < -0.3 is 10.8 Å². The van der Waals surface area contributed by atoms with Gasteiger partial charge in [0.1, 0.15) is 5.82 Å². The molecule has 0 radical (unpaired) electrons. The molecule has 2 nitrogen and oxygen atoms in total. The molecule has 0 spiro atoms. The molecule has 0 saturated heterocycles. The Morgan fingerprint density at radius 3 is 2.26 bits per heavy atom. The van der Waals surface area contributed by atoms with Gasteiger partial charge in [-0.05, 0) is 30.9 Å². The summed E-state index contributed by atoms with van der Waals surface area (Å²) < 4.78 is 13.9. The molecule has 0 amide bonds. The van der Waals surface area contributed by atoms with Crippen molar-refractivity contribution in [1.29, 1.82) is 0 Å². The third-order valence-electron chi connectivity index (χ3n) is 2.87. The first-order chi connectivity index (χ1) is 8.34. The highest BCUT2D eigenvalue weighted by atomic mass is 35.5. The van der Waals surface area contributed by atoms with Crippen LogP contribution in [-0.2, 0) is 0 Å². The number of nitrogens with two attached hydrogens (primary N) is 1. The molecule has 0 aromatic heterocycles. The third kappa shape index (κ3) is 5.09. The van der Waals surface area contributed by atoms with Crippen LogP contribution >= 0.6 is 35.6 Å². The first-order valence-corrected chi connectivity index (χ1v) is 6.67. The maximum atomic E-state index is 13.9. The monoisotopic (exact) mass is 329 g/mol. The van der Waals surface area contributed by atoms with E-state index in [1.165, 1.54) is 12.1 Å². The normalized spacial score (nSPS) is 14.1. The van der Waals surface area contributed by atoms with Gasteiger partial charge in [-0.1, -0.05) is 37.0 Å². The summed E-state index contributed by atoms with van der Waals surface area (Å²) in [7, 11) is 0. The Bertz CT molecular complexity index is 415. The van der Waals surface area contributed by atoms with E-state index in [4.69, 9.17) is 28.9 Å². The van der Waals surface area contributed by atoms with Crippen molar-refractivity contribution in [3.63, 3.8) is 0 Å². The van der Waals surface area contributed by atoms with Crippen LogP contribution in [0.1, 0.15) is 38.3 Å². The fraction of sp³-hybridized carbons (Fsp3) is 0.538. The van der Waals surface area contributed by atoms with E-state index >= 15 is 0 Å². The number of rotatable bonds is 5. The molecule has 3 N–H and O–H groups in total. The van der Waals surface area contributed by atoms with Gasteiger partial charge in [-0.25, -0.2) is 4.39 Å². The maximum Gasteiger partial charge on any atom is 0.148 e. The van der Waals surface area contributed by atoms with Gasteiger partial charge in [0.2, 0.25) is 0 Å². The lowest BCUT2D eigenvalue weighted by Crippen LogP contribution is -2.27. The van der Waals surface area contributed by atoms with Gasteiger partial charge >= 0.3 is 0 Å². The van der Waals surface area contributed by atoms with E-state index in [-0.39, 0.29) is 28.0 Å². The summed E-state index contributed by atoms with van der Waals surface area (Å²) in [5.41, 5.74) is 5.95. The predicted molar refractivity (Wildman–Crippen MR) is 80.7 cm³/mol. The van der Waals surface area contributed by atoms with Crippen LogP contribution in [0, 0.1) is 11.7 Å². The lowest BCUT2D eigenvalue weighted by molar-refractivity contribution is 0.127. The van der Waals surface area contributed by atoms with Gasteiger partial charge in [0, 0.05) is 10.6 Å². The highest BCUT2D eigenvalue weighted by Gasteiger charge is 2.24. The predicted octanol–water partition coefficient (Wildman–Crippen LogP) is 4.35. The molecule has 0 fully saturated rings. The van der Waals surface area contributed by atoms with Crippen LogP contribution in [0.25, 0.3) is 0 Å². The zero-order chi connectivity index (χ0) is 13.9. The van der Waals surface area contributed by atoms with E-state index < -0.39 is 18.0 Å². The van der Waals surface area contributed by atoms with Crippen LogP contribution in [0.15, 0.2) is 12.1 Å². The van der Waals surface area contributed by atoms with Crippen molar-refractivity contribution in [1.82, 2.24) is 0 Å². The van der Waals surface area contributed by atoms with Crippen LogP contribution in [0.5, 0.6) is 0 Å². The largest absolute Gasteiger partial charge is 0.391 e. The van der Waals surface area contributed by atoms with E-state index in [2.05, 4.69) is 0 Å². The molecule has 2 atom stereocenters. The second kappa shape index (κ2) is 8.28. The second-order valence-electron chi connectivity index (χ2n) is 4.82. The smallest absolute Gasteiger partial charge is 0.148 e. The molecule has 0 heterocycles. The lowest BCUT2D eigenvalue weighted by Gasteiger charge is -2.21. The molecule has 0 aliphatic carbocycles. The van der Waals surface area contributed by atoms with Crippen LogP contribution in [0.3, 0.4) is 0 Å². The molecule has 110 valence electrons. The van der Waals surface area contributed by atoms with Gasteiger partial charge in [-0.15, -0.1) is 12.4 Å². The minimum atomic E-state index is -0.866. The Kier molecular flexibility index (Phi) is 8.25. The second-order valence-corrected chi connectivity index (χ2v) is 5.64.